The Morgan fingerprint density at radius 2 is 2.08 bits per heavy atom. The van der Waals surface area contributed by atoms with Crippen molar-refractivity contribution >= 4 is 11.7 Å². The normalized spacial score (nSPS) is 23.0. The summed E-state index contributed by atoms with van der Waals surface area (Å²) in [5.41, 5.74) is 1.61. The maximum atomic E-state index is 12.9. The lowest BCUT2D eigenvalue weighted by Gasteiger charge is -2.25. The second-order valence-electron chi connectivity index (χ2n) is 7.05. The van der Waals surface area contributed by atoms with Gasteiger partial charge in [-0.15, -0.1) is 0 Å². The topological polar surface area (TPSA) is 70.8 Å². The number of hydrogen-bond acceptors (Lipinski definition) is 4. The van der Waals surface area contributed by atoms with E-state index in [1.165, 1.54) is 6.26 Å². The van der Waals surface area contributed by atoms with E-state index >= 15 is 0 Å². The van der Waals surface area contributed by atoms with E-state index in [4.69, 9.17) is 4.42 Å². The number of Topliss-reactive ketones (excluding diaryl/α,β-unsaturated/α-hetero) is 1. The molecule has 1 aliphatic carbocycles. The third kappa shape index (κ3) is 2.59. The predicted molar refractivity (Wildman–Crippen MR) is 91.6 cm³/mol. The Balaban J connectivity index is 1.61. The highest BCUT2D eigenvalue weighted by atomic mass is 16.3. The predicted octanol–water partition coefficient (Wildman–Crippen LogP) is 2.84. The molecule has 25 heavy (non-hydrogen) atoms. The minimum absolute atomic E-state index is 0.0216. The van der Waals surface area contributed by atoms with Crippen molar-refractivity contribution < 1.29 is 19.1 Å². The molecule has 0 spiro atoms. The number of furan rings is 1. The first-order chi connectivity index (χ1) is 12.0. The van der Waals surface area contributed by atoms with Crippen LogP contribution in [0.25, 0.3) is 0 Å². The molecule has 1 aliphatic heterocycles. The first-order valence-electron chi connectivity index (χ1n) is 8.71. The number of rotatable bonds is 2. The Labute approximate surface area is 146 Å². The minimum atomic E-state index is -1.05. The molecular formula is C20H21NO4. The van der Waals surface area contributed by atoms with Gasteiger partial charge in [0, 0.05) is 19.4 Å². The summed E-state index contributed by atoms with van der Waals surface area (Å²) in [6, 6.07) is 7.70. The second-order valence-corrected chi connectivity index (χ2v) is 7.05. The molecule has 4 rings (SSSR count). The van der Waals surface area contributed by atoms with Gasteiger partial charge in [0.1, 0.15) is 17.6 Å². The van der Waals surface area contributed by atoms with E-state index in [0.29, 0.717) is 42.7 Å². The smallest absolute Gasteiger partial charge is 0.257 e. The summed E-state index contributed by atoms with van der Waals surface area (Å²) < 4.78 is 5.46. The first kappa shape index (κ1) is 16.1. The van der Waals surface area contributed by atoms with Gasteiger partial charge in [0.05, 0.1) is 17.7 Å². The molecule has 1 atom stereocenters. The molecule has 2 aliphatic rings. The molecule has 130 valence electrons. The maximum Gasteiger partial charge on any atom is 0.257 e. The molecule has 5 nitrogen and oxygen atoms in total. The second kappa shape index (κ2) is 5.85. The summed E-state index contributed by atoms with van der Waals surface area (Å²) in [4.78, 5) is 26.8. The summed E-state index contributed by atoms with van der Waals surface area (Å²) in [6.07, 6.45) is 3.81. The van der Waals surface area contributed by atoms with Crippen molar-refractivity contribution in [1.82, 2.24) is 4.90 Å². The van der Waals surface area contributed by atoms with E-state index in [2.05, 4.69) is 0 Å². The van der Waals surface area contributed by atoms with Crippen LogP contribution in [0.4, 0.5) is 0 Å². The van der Waals surface area contributed by atoms with Gasteiger partial charge in [-0.3, -0.25) is 9.59 Å². The van der Waals surface area contributed by atoms with Crippen LogP contribution in [0.2, 0.25) is 0 Å². The lowest BCUT2D eigenvalue weighted by atomic mass is 9.89. The van der Waals surface area contributed by atoms with Gasteiger partial charge in [-0.2, -0.15) is 0 Å². The summed E-state index contributed by atoms with van der Waals surface area (Å²) in [6.45, 7) is 2.64. The minimum Gasteiger partial charge on any atom is -0.468 e. The number of ketones is 1. The largest absolute Gasteiger partial charge is 0.468 e. The summed E-state index contributed by atoms with van der Waals surface area (Å²) in [5, 5.41) is 11.1. The van der Waals surface area contributed by atoms with Crippen LogP contribution < -0.4 is 0 Å². The number of aryl methyl sites for hydroxylation is 2. The molecule has 1 N–H and O–H groups in total. The number of hydrogen-bond donors (Lipinski definition) is 1. The van der Waals surface area contributed by atoms with Crippen molar-refractivity contribution in [1.29, 1.82) is 0 Å². The van der Waals surface area contributed by atoms with Crippen LogP contribution in [-0.2, 0) is 12.0 Å². The van der Waals surface area contributed by atoms with Gasteiger partial charge in [-0.05, 0) is 30.9 Å². The Hall–Kier alpha value is -2.40. The monoisotopic (exact) mass is 339 g/mol. The average molecular weight is 339 g/mol. The summed E-state index contributed by atoms with van der Waals surface area (Å²) in [5.74, 6) is 0.365. The molecule has 0 saturated carbocycles. The van der Waals surface area contributed by atoms with E-state index in [1.807, 2.05) is 31.2 Å². The fraction of sp³-hybridized carbons (Fsp3) is 0.400. The number of carbonyl (C=O) groups is 2. The summed E-state index contributed by atoms with van der Waals surface area (Å²) in [7, 11) is 0. The van der Waals surface area contributed by atoms with Crippen molar-refractivity contribution in [3.63, 3.8) is 0 Å². The van der Waals surface area contributed by atoms with Gasteiger partial charge in [0.2, 0.25) is 0 Å². The van der Waals surface area contributed by atoms with Crippen LogP contribution in [-0.4, -0.2) is 34.8 Å². The Kier molecular flexibility index (Phi) is 3.76. The van der Waals surface area contributed by atoms with Crippen molar-refractivity contribution in [2.75, 3.05) is 13.1 Å². The van der Waals surface area contributed by atoms with Crippen LogP contribution in [0.3, 0.4) is 0 Å². The fourth-order valence-corrected chi connectivity index (χ4v) is 4.03. The molecule has 0 bridgehead atoms. The number of likely N-dealkylation sites (tertiary alicyclic amines) is 1. The lowest BCUT2D eigenvalue weighted by Crippen LogP contribution is -2.35. The van der Waals surface area contributed by atoms with Crippen molar-refractivity contribution in [3.8, 4) is 0 Å². The molecule has 1 fully saturated rings. The van der Waals surface area contributed by atoms with Gasteiger partial charge >= 0.3 is 0 Å². The highest BCUT2D eigenvalue weighted by Crippen LogP contribution is 2.35. The molecule has 1 amide bonds. The van der Waals surface area contributed by atoms with E-state index in [-0.39, 0.29) is 18.2 Å². The number of benzene rings is 1. The molecule has 2 aromatic rings. The number of fused-ring (bicyclic) bond motifs is 1. The molecule has 0 radical (unpaired) electrons. The van der Waals surface area contributed by atoms with Gasteiger partial charge in [0.25, 0.3) is 5.91 Å². The van der Waals surface area contributed by atoms with Crippen LogP contribution in [0.5, 0.6) is 0 Å². The number of carbonyl (C=O) groups excluding carboxylic acids is 2. The lowest BCUT2D eigenvalue weighted by molar-refractivity contribution is 0.0412. The summed E-state index contributed by atoms with van der Waals surface area (Å²) >= 11 is 0. The third-order valence-electron chi connectivity index (χ3n) is 5.37. The molecular weight excluding hydrogens is 318 g/mol. The zero-order chi connectivity index (χ0) is 17.6. The molecule has 5 heteroatoms. The third-order valence-corrected chi connectivity index (χ3v) is 5.37. The van der Waals surface area contributed by atoms with Crippen LogP contribution in [0.15, 0.2) is 34.9 Å². The van der Waals surface area contributed by atoms with Crippen LogP contribution in [0, 0.1) is 6.92 Å². The molecule has 1 saturated heterocycles. The quantitative estimate of drug-likeness (QED) is 0.913. The van der Waals surface area contributed by atoms with Crippen molar-refractivity contribution in [2.45, 2.75) is 38.2 Å². The molecule has 0 unspecified atom stereocenters. The van der Waals surface area contributed by atoms with E-state index in [0.717, 1.165) is 17.5 Å². The van der Waals surface area contributed by atoms with Crippen LogP contribution >= 0.6 is 0 Å². The zero-order valence-corrected chi connectivity index (χ0v) is 14.2. The van der Waals surface area contributed by atoms with Gasteiger partial charge in [-0.25, -0.2) is 0 Å². The van der Waals surface area contributed by atoms with Gasteiger partial charge < -0.3 is 14.4 Å². The van der Waals surface area contributed by atoms with E-state index in [9.17, 15) is 14.7 Å². The van der Waals surface area contributed by atoms with E-state index < -0.39 is 5.60 Å². The number of amides is 1. The Morgan fingerprint density at radius 1 is 1.28 bits per heavy atom. The Bertz CT molecular complexity index is 853. The van der Waals surface area contributed by atoms with Crippen LogP contribution in [0.1, 0.15) is 56.9 Å². The van der Waals surface area contributed by atoms with Gasteiger partial charge in [-0.1, -0.05) is 24.3 Å². The number of nitrogens with zero attached hydrogens (tertiary/aromatic N) is 1. The number of aliphatic hydroxyl groups is 1. The SMILES string of the molecule is Cc1ccccc1[C@]1(O)CCN(C(=O)c2coc3c2C(=O)CCC3)C1. The molecule has 1 aromatic carbocycles. The zero-order valence-electron chi connectivity index (χ0n) is 14.2. The average Bonchev–Trinajstić information content (AvgIpc) is 3.20. The molecule has 2 heterocycles. The standard InChI is InChI=1S/C20H21NO4/c1-13-5-2-3-6-15(13)20(24)9-10-21(12-20)19(23)14-11-25-17-8-4-7-16(22)18(14)17/h2-3,5-6,11,24H,4,7-10,12H2,1H3/t20-/m0/s1. The van der Waals surface area contributed by atoms with Crippen molar-refractivity contribution in [3.05, 3.63) is 58.5 Å². The van der Waals surface area contributed by atoms with Crippen molar-refractivity contribution in [2.24, 2.45) is 0 Å². The number of β-amino-alcohol motifs (C(OH)–C–C–N with tert-alkyl or cyclic N) is 1. The molecule has 1 aromatic heterocycles. The van der Waals surface area contributed by atoms with Gasteiger partial charge in [0.15, 0.2) is 5.78 Å². The maximum absolute atomic E-state index is 12.9. The highest BCUT2D eigenvalue weighted by molar-refractivity contribution is 6.09. The highest BCUT2D eigenvalue weighted by Gasteiger charge is 2.42. The fourth-order valence-electron chi connectivity index (χ4n) is 4.03. The first-order valence-corrected chi connectivity index (χ1v) is 8.71. The van der Waals surface area contributed by atoms with E-state index in [1.54, 1.807) is 4.90 Å². The Morgan fingerprint density at radius 3 is 2.88 bits per heavy atom.